The van der Waals surface area contributed by atoms with Gasteiger partial charge in [0.05, 0.1) is 22.9 Å². The van der Waals surface area contributed by atoms with Crippen LogP contribution in [0, 0.1) is 0 Å². The van der Waals surface area contributed by atoms with Crippen molar-refractivity contribution in [3.8, 4) is 11.5 Å². The zero-order chi connectivity index (χ0) is 29.6. The van der Waals surface area contributed by atoms with Gasteiger partial charge in [0.15, 0.2) is 0 Å². The molecular weight excluding hydrogens is 574 g/mol. The molecule has 0 bridgehead atoms. The summed E-state index contributed by atoms with van der Waals surface area (Å²) in [4.78, 5) is 28.6. The number of nitrogens with zero attached hydrogens (tertiary/aromatic N) is 2. The molecule has 0 fully saturated rings. The van der Waals surface area contributed by atoms with Crippen LogP contribution in [-0.4, -0.2) is 78.9 Å². The van der Waals surface area contributed by atoms with E-state index in [2.05, 4.69) is 15.7 Å². The zero-order valence-electron chi connectivity index (χ0n) is 22.1. The summed E-state index contributed by atoms with van der Waals surface area (Å²) >= 11 is 0.960. The van der Waals surface area contributed by atoms with Crippen molar-refractivity contribution >= 4 is 43.5 Å². The quantitative estimate of drug-likeness (QED) is 0.176. The predicted molar refractivity (Wildman–Crippen MR) is 151 cm³/mol. The van der Waals surface area contributed by atoms with Gasteiger partial charge in [-0.15, -0.1) is 11.3 Å². The molecule has 1 aliphatic rings. The van der Waals surface area contributed by atoms with Gasteiger partial charge in [-0.3, -0.25) is 4.79 Å². The van der Waals surface area contributed by atoms with Gasteiger partial charge in [-0.2, -0.15) is 0 Å². The van der Waals surface area contributed by atoms with E-state index in [0.717, 1.165) is 16.9 Å². The Morgan fingerprint density at radius 2 is 1.93 bits per heavy atom. The van der Waals surface area contributed by atoms with Gasteiger partial charge < -0.3 is 30.0 Å². The van der Waals surface area contributed by atoms with Crippen LogP contribution in [-0.2, 0) is 26.0 Å². The lowest BCUT2D eigenvalue weighted by molar-refractivity contribution is -0.141. The van der Waals surface area contributed by atoms with Gasteiger partial charge in [0.2, 0.25) is 10.2 Å². The maximum absolute atomic E-state index is 12.7. The average Bonchev–Trinajstić information content (AvgIpc) is 3.54. The van der Waals surface area contributed by atoms with Crippen molar-refractivity contribution in [2.75, 3.05) is 26.4 Å². The predicted octanol–water partition coefficient (Wildman–Crippen LogP) is 0.988. The molecular formula is C26H31N5O8S2. The van der Waals surface area contributed by atoms with Crippen LogP contribution in [0.15, 0.2) is 58.6 Å². The standard InChI is InChI=1S/C26H31N5O8S2/c1-2-20-17(15-39-19-7-8-21-23(12-19)40-26(29-21)41(27,36)37)13-31(30-20)14-24(33)28-22(25(34)35)11-16-3-5-18(6-4-16)38-10-9-32/h3-8,12-13,20,22,30,32H,2,9-11,14-15H2,1H3,(H,28,33)(H,34,35)(H2,27,36,37)/t20?,22-/m0/s1. The highest BCUT2D eigenvalue weighted by Gasteiger charge is 2.26. The van der Waals surface area contributed by atoms with Crippen molar-refractivity contribution in [3.05, 3.63) is 59.8 Å². The summed E-state index contributed by atoms with van der Waals surface area (Å²) in [5.41, 5.74) is 5.30. The number of nitrogens with one attached hydrogen (secondary N) is 2. The van der Waals surface area contributed by atoms with Gasteiger partial charge in [0.1, 0.15) is 37.3 Å². The summed E-state index contributed by atoms with van der Waals surface area (Å²) in [6, 6.07) is 10.6. The van der Waals surface area contributed by atoms with E-state index >= 15 is 0 Å². The number of hydrazine groups is 1. The number of rotatable bonds is 14. The van der Waals surface area contributed by atoms with Crippen LogP contribution in [0.4, 0.5) is 0 Å². The third-order valence-electron chi connectivity index (χ3n) is 6.16. The molecule has 15 heteroatoms. The number of ether oxygens (including phenoxy) is 2. The van der Waals surface area contributed by atoms with E-state index in [1.165, 1.54) is 0 Å². The van der Waals surface area contributed by atoms with Crippen LogP contribution in [0.5, 0.6) is 11.5 Å². The van der Waals surface area contributed by atoms with Gasteiger partial charge >= 0.3 is 5.97 Å². The first-order chi connectivity index (χ1) is 19.5. The Balaban J connectivity index is 1.33. The second-order valence-electron chi connectivity index (χ2n) is 9.24. The van der Waals surface area contributed by atoms with Gasteiger partial charge in [0, 0.05) is 18.2 Å². The molecule has 0 aliphatic carbocycles. The monoisotopic (exact) mass is 605 g/mol. The van der Waals surface area contributed by atoms with E-state index in [-0.39, 0.29) is 43.2 Å². The Morgan fingerprint density at radius 1 is 1.20 bits per heavy atom. The molecule has 1 aliphatic heterocycles. The first kappa shape index (κ1) is 30.2. The number of thiazole rings is 1. The molecule has 1 aromatic heterocycles. The first-order valence-electron chi connectivity index (χ1n) is 12.7. The third kappa shape index (κ3) is 8.14. The number of aromatic nitrogens is 1. The van der Waals surface area contributed by atoms with Crippen molar-refractivity contribution in [1.82, 2.24) is 20.7 Å². The van der Waals surface area contributed by atoms with Gasteiger partial charge in [0.25, 0.3) is 10.0 Å². The fourth-order valence-corrected chi connectivity index (χ4v) is 5.86. The van der Waals surface area contributed by atoms with Crippen molar-refractivity contribution in [2.45, 2.75) is 36.2 Å². The fraction of sp³-hybridized carbons (Fsp3) is 0.346. The molecule has 4 rings (SSSR count). The Kier molecular flexibility index (Phi) is 9.77. The highest BCUT2D eigenvalue weighted by atomic mass is 32.2. The summed E-state index contributed by atoms with van der Waals surface area (Å²) in [5.74, 6) is -0.552. The second kappa shape index (κ2) is 13.3. The number of nitrogens with two attached hydrogens (primary N) is 1. The lowest BCUT2D eigenvalue weighted by atomic mass is 10.1. The number of aliphatic hydroxyl groups is 1. The van der Waals surface area contributed by atoms with Gasteiger partial charge in [-0.05, 0) is 42.3 Å². The number of aliphatic carboxylic acids is 1. The van der Waals surface area contributed by atoms with Crippen molar-refractivity contribution < 1.29 is 37.7 Å². The number of aliphatic hydroxyl groups excluding tert-OH is 1. The topological polar surface area (TPSA) is 193 Å². The van der Waals surface area contributed by atoms with Crippen molar-refractivity contribution in [3.63, 3.8) is 0 Å². The minimum atomic E-state index is -3.90. The van der Waals surface area contributed by atoms with E-state index < -0.39 is 27.9 Å². The molecule has 0 radical (unpaired) electrons. The molecule has 0 saturated carbocycles. The van der Waals surface area contributed by atoms with Gasteiger partial charge in [-0.1, -0.05) is 19.1 Å². The van der Waals surface area contributed by atoms with Crippen molar-refractivity contribution in [1.29, 1.82) is 0 Å². The highest BCUT2D eigenvalue weighted by Crippen LogP contribution is 2.29. The Bertz CT molecular complexity index is 1520. The Hall–Kier alpha value is -3.76. The van der Waals surface area contributed by atoms with E-state index in [1.54, 1.807) is 53.7 Å². The number of hydrogen-bond acceptors (Lipinski definition) is 11. The number of carbonyl (C=O) groups is 2. The van der Waals surface area contributed by atoms with Gasteiger partial charge in [-0.25, -0.2) is 28.8 Å². The molecule has 1 amide bonds. The first-order valence-corrected chi connectivity index (χ1v) is 15.1. The number of carboxylic acids is 1. The van der Waals surface area contributed by atoms with Crippen LogP contribution in [0.25, 0.3) is 10.2 Å². The van der Waals surface area contributed by atoms with E-state index in [1.807, 2.05) is 6.92 Å². The number of carbonyl (C=O) groups excluding carboxylic acids is 1. The molecule has 0 saturated heterocycles. The molecule has 6 N–H and O–H groups in total. The molecule has 2 heterocycles. The molecule has 3 aromatic rings. The van der Waals surface area contributed by atoms with Crippen LogP contribution < -0.4 is 25.4 Å². The molecule has 0 spiro atoms. The average molecular weight is 606 g/mol. The molecule has 13 nitrogen and oxygen atoms in total. The Morgan fingerprint density at radius 3 is 2.59 bits per heavy atom. The highest BCUT2D eigenvalue weighted by molar-refractivity contribution is 7.91. The Labute approximate surface area is 240 Å². The van der Waals surface area contributed by atoms with Crippen LogP contribution in [0.3, 0.4) is 0 Å². The number of carboxylic acid groups (broad SMARTS) is 1. The number of sulfonamides is 1. The summed E-state index contributed by atoms with van der Waals surface area (Å²) in [6.45, 7) is 2.13. The number of hydrogen-bond donors (Lipinski definition) is 5. The number of benzene rings is 2. The molecule has 2 atom stereocenters. The lowest BCUT2D eigenvalue weighted by Gasteiger charge is -2.21. The smallest absolute Gasteiger partial charge is 0.326 e. The molecule has 1 unspecified atom stereocenters. The second-order valence-corrected chi connectivity index (χ2v) is 12.0. The number of primary sulfonamides is 1. The number of amides is 1. The van der Waals surface area contributed by atoms with Crippen molar-refractivity contribution in [2.24, 2.45) is 5.14 Å². The lowest BCUT2D eigenvalue weighted by Crippen LogP contribution is -2.48. The van der Waals surface area contributed by atoms with Crippen LogP contribution >= 0.6 is 11.3 Å². The molecule has 41 heavy (non-hydrogen) atoms. The largest absolute Gasteiger partial charge is 0.491 e. The fourth-order valence-electron chi connectivity index (χ4n) is 4.17. The molecule has 220 valence electrons. The summed E-state index contributed by atoms with van der Waals surface area (Å²) in [5, 5.41) is 27.9. The summed E-state index contributed by atoms with van der Waals surface area (Å²) in [7, 11) is -3.90. The maximum Gasteiger partial charge on any atom is 0.326 e. The van der Waals surface area contributed by atoms with E-state index in [4.69, 9.17) is 19.7 Å². The maximum atomic E-state index is 12.7. The summed E-state index contributed by atoms with van der Waals surface area (Å²) < 4.78 is 34.9. The van der Waals surface area contributed by atoms with E-state index in [9.17, 15) is 23.1 Å². The third-order valence-corrected chi connectivity index (χ3v) is 8.50. The molecule has 2 aromatic carbocycles. The minimum absolute atomic E-state index is 0.0874. The zero-order valence-corrected chi connectivity index (χ0v) is 23.8. The number of fused-ring (bicyclic) bond motifs is 1. The van der Waals surface area contributed by atoms with Crippen LogP contribution in [0.1, 0.15) is 18.9 Å². The summed E-state index contributed by atoms with van der Waals surface area (Å²) in [6.07, 6.45) is 2.57. The normalized spacial score (nSPS) is 15.9. The van der Waals surface area contributed by atoms with Crippen LogP contribution in [0.2, 0.25) is 0 Å². The van der Waals surface area contributed by atoms with E-state index in [0.29, 0.717) is 33.7 Å². The minimum Gasteiger partial charge on any atom is -0.491 e. The SMILES string of the molecule is CCC1NN(CC(=O)N[C@@H](Cc2ccc(OCCO)cc2)C(=O)O)C=C1COc1ccc2nc(S(N)(=O)=O)sc2c1.